The summed E-state index contributed by atoms with van der Waals surface area (Å²) < 4.78 is 10.5. The molecule has 0 unspecified atom stereocenters. The van der Waals surface area contributed by atoms with E-state index in [2.05, 4.69) is 22.1 Å². The van der Waals surface area contributed by atoms with E-state index >= 15 is 0 Å². The van der Waals surface area contributed by atoms with Crippen molar-refractivity contribution in [1.29, 1.82) is 0 Å². The maximum Gasteiger partial charge on any atom is 0.193 e. The van der Waals surface area contributed by atoms with Crippen molar-refractivity contribution in [3.63, 3.8) is 0 Å². The van der Waals surface area contributed by atoms with Gasteiger partial charge in [0.1, 0.15) is 0 Å². The van der Waals surface area contributed by atoms with E-state index in [0.29, 0.717) is 23.4 Å². The monoisotopic (exact) mass is 334 g/mol. The molecule has 0 spiro atoms. The first kappa shape index (κ1) is 18.4. The van der Waals surface area contributed by atoms with Crippen molar-refractivity contribution in [3.8, 4) is 11.5 Å². The fraction of sp³-hybridized carbons (Fsp3) is 0.611. The van der Waals surface area contributed by atoms with Crippen LogP contribution in [0.1, 0.15) is 26.2 Å². The number of benzene rings is 1. The highest BCUT2D eigenvalue weighted by atomic mass is 16.5. The molecular formula is C18H30N4O2. The van der Waals surface area contributed by atoms with Crippen LogP contribution in [0.15, 0.2) is 23.2 Å². The second-order valence-electron chi connectivity index (χ2n) is 6.21. The van der Waals surface area contributed by atoms with Crippen molar-refractivity contribution in [2.75, 3.05) is 45.7 Å². The molecule has 6 heteroatoms. The lowest BCUT2D eigenvalue weighted by Crippen LogP contribution is -2.35. The average molecular weight is 334 g/mol. The summed E-state index contributed by atoms with van der Waals surface area (Å²) in [6.45, 7) is 6.58. The number of hydrogen-bond acceptors (Lipinski definition) is 4. The Balaban J connectivity index is 1.84. The second-order valence-corrected chi connectivity index (χ2v) is 6.21. The van der Waals surface area contributed by atoms with E-state index in [1.807, 2.05) is 18.2 Å². The Morgan fingerprint density at radius 3 is 2.58 bits per heavy atom. The maximum atomic E-state index is 6.02. The van der Waals surface area contributed by atoms with Gasteiger partial charge in [-0.1, -0.05) is 6.92 Å². The fourth-order valence-corrected chi connectivity index (χ4v) is 3.04. The summed E-state index contributed by atoms with van der Waals surface area (Å²) in [5, 5.41) is 3.12. The largest absolute Gasteiger partial charge is 0.493 e. The highest BCUT2D eigenvalue weighted by molar-refractivity contribution is 5.92. The average Bonchev–Trinajstić information content (AvgIpc) is 2.61. The smallest absolute Gasteiger partial charge is 0.193 e. The third kappa shape index (κ3) is 5.30. The highest BCUT2D eigenvalue weighted by Crippen LogP contribution is 2.29. The van der Waals surface area contributed by atoms with Gasteiger partial charge in [0.05, 0.1) is 14.2 Å². The number of ether oxygens (including phenoxy) is 2. The third-order valence-electron chi connectivity index (χ3n) is 4.42. The molecule has 1 heterocycles. The maximum absolute atomic E-state index is 6.02. The summed E-state index contributed by atoms with van der Waals surface area (Å²) in [5.74, 6) is 2.43. The molecule has 1 aromatic carbocycles. The molecule has 3 N–H and O–H groups in total. The number of guanidine groups is 1. The van der Waals surface area contributed by atoms with Crippen LogP contribution in [0.3, 0.4) is 0 Å². The van der Waals surface area contributed by atoms with E-state index in [0.717, 1.165) is 12.2 Å². The van der Waals surface area contributed by atoms with E-state index in [4.69, 9.17) is 15.2 Å². The molecule has 24 heavy (non-hydrogen) atoms. The van der Waals surface area contributed by atoms with Gasteiger partial charge in [0.25, 0.3) is 0 Å². The Morgan fingerprint density at radius 2 is 1.96 bits per heavy atom. The number of likely N-dealkylation sites (tertiary alicyclic amines) is 1. The van der Waals surface area contributed by atoms with Crippen LogP contribution in [-0.2, 0) is 0 Å². The molecule has 0 saturated carbocycles. The highest BCUT2D eigenvalue weighted by Gasteiger charge is 2.18. The normalized spacial score (nSPS) is 16.9. The lowest BCUT2D eigenvalue weighted by atomic mass is 9.97. The quantitative estimate of drug-likeness (QED) is 0.592. The standard InChI is InChI=1S/C18H30N4O2/c1-4-9-22-10-7-14(8-11-22)13-20-18(19)21-15-5-6-16(23-2)17(12-15)24-3/h5-6,12,14H,4,7-11,13H2,1-3H3,(H3,19,20,21). The van der Waals surface area contributed by atoms with Crippen LogP contribution in [0.5, 0.6) is 11.5 Å². The fourth-order valence-electron chi connectivity index (χ4n) is 3.04. The van der Waals surface area contributed by atoms with Crippen molar-refractivity contribution < 1.29 is 9.47 Å². The van der Waals surface area contributed by atoms with Crippen LogP contribution >= 0.6 is 0 Å². The molecule has 0 bridgehead atoms. The summed E-state index contributed by atoms with van der Waals surface area (Å²) in [5.41, 5.74) is 6.86. The summed E-state index contributed by atoms with van der Waals surface area (Å²) in [7, 11) is 3.23. The molecular weight excluding hydrogens is 304 g/mol. The molecule has 0 aliphatic carbocycles. The first-order valence-electron chi connectivity index (χ1n) is 8.67. The molecule has 1 aliphatic rings. The van der Waals surface area contributed by atoms with Crippen LogP contribution in [-0.4, -0.2) is 51.3 Å². The van der Waals surface area contributed by atoms with Gasteiger partial charge in [0.2, 0.25) is 0 Å². The number of piperidine rings is 1. The number of anilines is 1. The molecule has 134 valence electrons. The summed E-state index contributed by atoms with van der Waals surface area (Å²) in [4.78, 5) is 7.04. The number of hydrogen-bond donors (Lipinski definition) is 2. The van der Waals surface area contributed by atoms with Gasteiger partial charge in [-0.05, 0) is 56.9 Å². The van der Waals surface area contributed by atoms with Gasteiger partial charge in [-0.3, -0.25) is 4.99 Å². The number of rotatable bonds is 7. The van der Waals surface area contributed by atoms with E-state index in [9.17, 15) is 0 Å². The minimum Gasteiger partial charge on any atom is -0.493 e. The van der Waals surface area contributed by atoms with Crippen molar-refractivity contribution in [2.24, 2.45) is 16.6 Å². The van der Waals surface area contributed by atoms with E-state index in [1.165, 1.54) is 38.9 Å². The van der Waals surface area contributed by atoms with Crippen molar-refractivity contribution in [2.45, 2.75) is 26.2 Å². The second kappa shape index (κ2) is 9.37. The first-order valence-corrected chi connectivity index (χ1v) is 8.67. The van der Waals surface area contributed by atoms with Crippen LogP contribution in [0.25, 0.3) is 0 Å². The number of aliphatic imine (C=N–C) groups is 1. The van der Waals surface area contributed by atoms with E-state index in [1.54, 1.807) is 14.2 Å². The molecule has 1 aliphatic heterocycles. The number of nitrogens with two attached hydrogens (primary N) is 1. The van der Waals surface area contributed by atoms with Gasteiger partial charge in [-0.15, -0.1) is 0 Å². The van der Waals surface area contributed by atoms with E-state index in [-0.39, 0.29) is 0 Å². The molecule has 0 aromatic heterocycles. The molecule has 0 radical (unpaired) electrons. The summed E-state index contributed by atoms with van der Waals surface area (Å²) in [6, 6.07) is 5.59. The zero-order valence-corrected chi connectivity index (χ0v) is 15.0. The lowest BCUT2D eigenvalue weighted by Gasteiger charge is -2.30. The summed E-state index contributed by atoms with van der Waals surface area (Å²) >= 11 is 0. The zero-order chi connectivity index (χ0) is 17.4. The molecule has 1 aromatic rings. The Kier molecular flexibility index (Phi) is 7.18. The number of nitrogens with zero attached hydrogens (tertiary/aromatic N) is 2. The Labute approximate surface area is 145 Å². The predicted octanol–water partition coefficient (Wildman–Crippen LogP) is 2.55. The lowest BCUT2D eigenvalue weighted by molar-refractivity contribution is 0.188. The Bertz CT molecular complexity index is 540. The Hall–Kier alpha value is -1.95. The van der Waals surface area contributed by atoms with Crippen molar-refractivity contribution in [3.05, 3.63) is 18.2 Å². The van der Waals surface area contributed by atoms with Gasteiger partial charge in [-0.2, -0.15) is 0 Å². The van der Waals surface area contributed by atoms with Gasteiger partial charge >= 0.3 is 0 Å². The topological polar surface area (TPSA) is 72.1 Å². The number of methoxy groups -OCH3 is 2. The van der Waals surface area contributed by atoms with Crippen molar-refractivity contribution in [1.82, 2.24) is 4.90 Å². The molecule has 1 fully saturated rings. The third-order valence-corrected chi connectivity index (χ3v) is 4.42. The molecule has 1 saturated heterocycles. The van der Waals surface area contributed by atoms with Gasteiger partial charge in [-0.25, -0.2) is 0 Å². The van der Waals surface area contributed by atoms with E-state index < -0.39 is 0 Å². The minimum absolute atomic E-state index is 0.443. The Morgan fingerprint density at radius 1 is 1.25 bits per heavy atom. The van der Waals surface area contributed by atoms with Gasteiger partial charge in [0, 0.05) is 18.3 Å². The van der Waals surface area contributed by atoms with Crippen LogP contribution in [0.2, 0.25) is 0 Å². The minimum atomic E-state index is 0.443. The number of nitrogens with one attached hydrogen (secondary N) is 1. The first-order chi connectivity index (χ1) is 11.7. The SMILES string of the molecule is CCCN1CCC(CN=C(N)Nc2ccc(OC)c(OC)c2)CC1. The van der Waals surface area contributed by atoms with Crippen molar-refractivity contribution >= 4 is 11.6 Å². The molecule has 6 nitrogen and oxygen atoms in total. The molecule has 0 amide bonds. The van der Waals surface area contributed by atoms with Gasteiger partial charge < -0.3 is 25.4 Å². The van der Waals surface area contributed by atoms with Crippen LogP contribution in [0, 0.1) is 5.92 Å². The van der Waals surface area contributed by atoms with Gasteiger partial charge in [0.15, 0.2) is 17.5 Å². The molecule has 2 rings (SSSR count). The summed E-state index contributed by atoms with van der Waals surface area (Å²) in [6.07, 6.45) is 3.63. The van der Waals surface area contributed by atoms with Crippen LogP contribution < -0.4 is 20.5 Å². The predicted molar refractivity (Wildman–Crippen MR) is 99.1 cm³/mol. The molecule has 0 atom stereocenters. The zero-order valence-electron chi connectivity index (χ0n) is 15.0. The van der Waals surface area contributed by atoms with Crippen LogP contribution in [0.4, 0.5) is 5.69 Å².